The molecule has 2 saturated carbocycles. The van der Waals surface area contributed by atoms with Gasteiger partial charge in [-0.2, -0.15) is 0 Å². The van der Waals surface area contributed by atoms with E-state index in [-0.39, 0.29) is 29.9 Å². The smallest absolute Gasteiger partial charge is 0.254 e. The minimum Gasteiger partial charge on any atom is -0.494 e. The first-order chi connectivity index (χ1) is 20.0. The lowest BCUT2D eigenvalue weighted by atomic mass is 10.1. The Morgan fingerprint density at radius 1 is 1.07 bits per heavy atom. The summed E-state index contributed by atoms with van der Waals surface area (Å²) in [6.45, 7) is 2.25. The van der Waals surface area contributed by atoms with E-state index in [4.69, 9.17) is 15.5 Å². The van der Waals surface area contributed by atoms with Crippen LogP contribution < -0.4 is 15.8 Å². The van der Waals surface area contributed by atoms with Crippen molar-refractivity contribution in [1.82, 2.24) is 24.3 Å². The number of benzene rings is 2. The summed E-state index contributed by atoms with van der Waals surface area (Å²) in [5.74, 6) is 2.60. The molecule has 4 aromatic rings. The molecule has 4 heterocycles. The molecule has 2 bridgehead atoms. The van der Waals surface area contributed by atoms with Crippen LogP contribution in [0.5, 0.6) is 5.75 Å². The first kappa shape index (κ1) is 24.9. The maximum atomic E-state index is 13.8. The molecule has 2 saturated heterocycles. The van der Waals surface area contributed by atoms with E-state index in [0.717, 1.165) is 48.4 Å². The Bertz CT molecular complexity index is 1700. The van der Waals surface area contributed by atoms with E-state index in [1.165, 1.54) is 23.7 Å². The monoisotopic (exact) mass is 552 g/mol. The Hall–Kier alpha value is -3.85. The molecule has 3 N–H and O–H groups in total. The number of imidazole rings is 1. The van der Waals surface area contributed by atoms with Gasteiger partial charge in [-0.3, -0.25) is 9.59 Å². The number of nitrogens with two attached hydrogens (primary N) is 1. The van der Waals surface area contributed by atoms with E-state index < -0.39 is 0 Å². The zero-order chi connectivity index (χ0) is 27.8. The summed E-state index contributed by atoms with van der Waals surface area (Å²) in [7, 11) is 1.65. The van der Waals surface area contributed by atoms with E-state index in [9.17, 15) is 9.59 Å². The van der Waals surface area contributed by atoms with Gasteiger partial charge in [-0.05, 0) is 68.2 Å². The van der Waals surface area contributed by atoms with Crippen LogP contribution in [-0.2, 0) is 17.9 Å². The summed E-state index contributed by atoms with van der Waals surface area (Å²) in [4.78, 5) is 33.1. The number of carbonyl (C=O) groups excluding carboxylic acids is 2. The normalized spacial score (nSPS) is 25.5. The molecule has 2 aliphatic carbocycles. The number of hydrogen-bond donors (Lipinski definition) is 2. The van der Waals surface area contributed by atoms with Gasteiger partial charge in [-0.15, -0.1) is 0 Å². The third-order valence-electron chi connectivity index (χ3n) is 9.85. The van der Waals surface area contributed by atoms with Crippen molar-refractivity contribution >= 4 is 33.8 Å². The van der Waals surface area contributed by atoms with Gasteiger partial charge >= 0.3 is 0 Å². The zero-order valence-corrected chi connectivity index (χ0v) is 23.4. The van der Waals surface area contributed by atoms with E-state index in [1.54, 1.807) is 7.11 Å². The molecule has 2 aromatic heterocycles. The predicted octanol–water partition coefficient (Wildman–Crippen LogP) is 3.92. The summed E-state index contributed by atoms with van der Waals surface area (Å²) in [5, 5.41) is 4.31. The lowest BCUT2D eigenvalue weighted by Gasteiger charge is -2.27. The molecule has 3 unspecified atom stereocenters. The number of amides is 2. The van der Waals surface area contributed by atoms with Gasteiger partial charge in [-0.25, -0.2) is 4.98 Å². The highest BCUT2D eigenvalue weighted by Crippen LogP contribution is 2.40. The van der Waals surface area contributed by atoms with Crippen LogP contribution in [0.4, 0.5) is 0 Å². The molecule has 2 amide bonds. The molecule has 2 aromatic carbocycles. The van der Waals surface area contributed by atoms with Gasteiger partial charge in [0.05, 0.1) is 18.3 Å². The minimum absolute atomic E-state index is 0.00477. The van der Waals surface area contributed by atoms with Gasteiger partial charge in [0.1, 0.15) is 11.3 Å². The van der Waals surface area contributed by atoms with Crippen LogP contribution in [0.25, 0.3) is 33.5 Å². The van der Waals surface area contributed by atoms with Crippen LogP contribution in [0.1, 0.15) is 48.9 Å². The van der Waals surface area contributed by atoms with Crippen LogP contribution in [0, 0.1) is 11.8 Å². The van der Waals surface area contributed by atoms with Crippen LogP contribution >= 0.6 is 0 Å². The Kier molecular flexibility index (Phi) is 5.67. The molecule has 4 fully saturated rings. The number of methoxy groups -OCH3 is 1. The molecule has 4 aliphatic rings. The van der Waals surface area contributed by atoms with Crippen LogP contribution in [0.2, 0.25) is 0 Å². The second kappa shape index (κ2) is 9.34. The molecule has 41 heavy (non-hydrogen) atoms. The highest BCUT2D eigenvalue weighted by Gasteiger charge is 2.47. The predicted molar refractivity (Wildman–Crippen MR) is 157 cm³/mol. The summed E-state index contributed by atoms with van der Waals surface area (Å²) in [5.41, 5.74) is 10.8. The minimum atomic E-state index is -0.00477. The van der Waals surface area contributed by atoms with Crippen molar-refractivity contribution in [2.75, 3.05) is 13.7 Å². The third kappa shape index (κ3) is 4.04. The number of para-hydroxylation sites is 1. The molecule has 9 heteroatoms. The molecule has 9 nitrogen and oxygen atoms in total. The highest BCUT2D eigenvalue weighted by atomic mass is 16.5. The van der Waals surface area contributed by atoms with E-state index in [1.807, 2.05) is 17.0 Å². The number of rotatable bonds is 7. The topological polar surface area (TPSA) is 107 Å². The van der Waals surface area contributed by atoms with Crippen molar-refractivity contribution in [3.05, 3.63) is 48.0 Å². The molecular formula is C32H36N6O3. The van der Waals surface area contributed by atoms with Crippen molar-refractivity contribution in [3.63, 3.8) is 0 Å². The number of ether oxygens (including phenoxy) is 1. The fourth-order valence-electron chi connectivity index (χ4n) is 7.52. The molecule has 212 valence electrons. The number of nitrogens with one attached hydrogen (secondary N) is 1. The first-order valence-corrected chi connectivity index (χ1v) is 15.0. The lowest BCUT2D eigenvalue weighted by Crippen LogP contribution is -2.41. The number of likely N-dealkylation sites (tertiary alicyclic amines) is 1. The van der Waals surface area contributed by atoms with Crippen molar-refractivity contribution in [3.8, 4) is 17.3 Å². The second-order valence-corrected chi connectivity index (χ2v) is 12.5. The van der Waals surface area contributed by atoms with Crippen molar-refractivity contribution in [2.45, 2.75) is 69.7 Å². The van der Waals surface area contributed by atoms with Gasteiger partial charge in [0.15, 0.2) is 5.82 Å². The molecule has 0 radical (unpaired) electrons. The Morgan fingerprint density at radius 2 is 1.93 bits per heavy atom. The number of aromatic nitrogens is 3. The summed E-state index contributed by atoms with van der Waals surface area (Å²) < 4.78 is 10.6. The van der Waals surface area contributed by atoms with E-state index >= 15 is 0 Å². The molecule has 4 atom stereocenters. The number of piperidine rings is 1. The second-order valence-electron chi connectivity index (χ2n) is 12.5. The van der Waals surface area contributed by atoms with E-state index in [2.05, 4.69) is 44.8 Å². The number of carbonyl (C=O) groups is 2. The highest BCUT2D eigenvalue weighted by molar-refractivity contribution is 6.00. The van der Waals surface area contributed by atoms with Crippen molar-refractivity contribution in [2.24, 2.45) is 17.6 Å². The molecular weight excluding hydrogens is 516 g/mol. The van der Waals surface area contributed by atoms with Crippen molar-refractivity contribution in [1.29, 1.82) is 0 Å². The SMILES string of the molecule is COc1cc(C(=O)N2CC3CCC2[C@@H]3N)cc2nc(-c3cc4ccccc4n3CC3CC3)n(CC3CCC(=O)N3)c12. The number of fused-ring (bicyclic) bond motifs is 4. The van der Waals surface area contributed by atoms with Crippen LogP contribution in [-0.4, -0.2) is 62.6 Å². The average molecular weight is 553 g/mol. The summed E-state index contributed by atoms with van der Waals surface area (Å²) in [6.07, 6.45) is 5.87. The fourth-order valence-corrected chi connectivity index (χ4v) is 7.52. The molecule has 8 rings (SSSR count). The average Bonchev–Trinajstić information content (AvgIpc) is 3.25. The summed E-state index contributed by atoms with van der Waals surface area (Å²) >= 11 is 0. The quantitative estimate of drug-likeness (QED) is 0.362. The Labute approximate surface area is 238 Å². The van der Waals surface area contributed by atoms with Crippen LogP contribution in [0.3, 0.4) is 0 Å². The number of nitrogens with zero attached hydrogens (tertiary/aromatic N) is 4. The maximum absolute atomic E-state index is 13.8. The Morgan fingerprint density at radius 3 is 2.63 bits per heavy atom. The van der Waals surface area contributed by atoms with Gasteiger partial charge in [0.25, 0.3) is 5.91 Å². The lowest BCUT2D eigenvalue weighted by molar-refractivity contribution is -0.119. The standard InChI is InChI=1S/C32H36N6O3/c1-41-27-14-21(32(40)37-16-20-8-10-25(37)29(20)33)12-23-30(27)38(17-22-9-11-28(39)34-22)31(35-23)26-13-19-4-2-3-5-24(19)36(26)15-18-6-7-18/h2-5,12-14,18,20,22,25,29H,6-11,15-17,33H2,1H3,(H,34,39)/t20?,22?,25?,29-/m1/s1. The largest absolute Gasteiger partial charge is 0.494 e. The molecule has 0 spiro atoms. The zero-order valence-electron chi connectivity index (χ0n) is 23.4. The maximum Gasteiger partial charge on any atom is 0.254 e. The Balaban J connectivity index is 1.29. The van der Waals surface area contributed by atoms with Crippen LogP contribution in [0.15, 0.2) is 42.5 Å². The van der Waals surface area contributed by atoms with Gasteiger partial charge in [0, 0.05) is 60.6 Å². The fraction of sp³-hybridized carbons (Fsp3) is 0.469. The first-order valence-electron chi connectivity index (χ1n) is 15.0. The van der Waals surface area contributed by atoms with E-state index in [0.29, 0.717) is 42.7 Å². The van der Waals surface area contributed by atoms with Gasteiger partial charge in [0.2, 0.25) is 5.91 Å². The molecule has 2 aliphatic heterocycles. The third-order valence-corrected chi connectivity index (χ3v) is 9.85. The van der Waals surface area contributed by atoms with Gasteiger partial charge in [-0.1, -0.05) is 18.2 Å². The number of hydrogen-bond acceptors (Lipinski definition) is 5. The van der Waals surface area contributed by atoms with Crippen molar-refractivity contribution < 1.29 is 14.3 Å². The van der Waals surface area contributed by atoms with Gasteiger partial charge < -0.3 is 29.8 Å². The summed E-state index contributed by atoms with van der Waals surface area (Å²) in [6, 6.07) is 14.7.